The summed E-state index contributed by atoms with van der Waals surface area (Å²) in [5.41, 5.74) is 0.707. The summed E-state index contributed by atoms with van der Waals surface area (Å²) in [4.78, 5) is 25.9. The standard InChI is InChI=1S/C21H31ClN2O4/c1-6-27-19(25)16-7-8-17(22)18(13-16)23-14(2)15-9-11-24(12-10-15)20(26)28-21(3,4)5/h7-8,13-15,23H,6,9-12H2,1-5H3/t14-/m0/s1. The lowest BCUT2D eigenvalue weighted by atomic mass is 9.90. The number of benzene rings is 1. The second-order valence-electron chi connectivity index (χ2n) is 8.15. The summed E-state index contributed by atoms with van der Waals surface area (Å²) >= 11 is 6.30. The van der Waals surface area contributed by atoms with Crippen molar-refractivity contribution >= 4 is 29.4 Å². The smallest absolute Gasteiger partial charge is 0.410 e. The van der Waals surface area contributed by atoms with Gasteiger partial charge in [-0.25, -0.2) is 9.59 Å². The normalized spacial score (nSPS) is 16.4. The Morgan fingerprint density at radius 1 is 1.29 bits per heavy atom. The maximum Gasteiger partial charge on any atom is 0.410 e. The van der Waals surface area contributed by atoms with E-state index in [1.54, 1.807) is 30.0 Å². The van der Waals surface area contributed by atoms with Crippen molar-refractivity contribution in [2.75, 3.05) is 25.0 Å². The average Bonchev–Trinajstić information content (AvgIpc) is 2.62. The number of nitrogens with one attached hydrogen (secondary N) is 1. The fourth-order valence-electron chi connectivity index (χ4n) is 3.25. The molecule has 1 heterocycles. The van der Waals surface area contributed by atoms with Crippen LogP contribution < -0.4 is 5.32 Å². The van der Waals surface area contributed by atoms with Crippen LogP contribution in [0.4, 0.5) is 10.5 Å². The first-order chi connectivity index (χ1) is 13.1. The Hall–Kier alpha value is -1.95. The Balaban J connectivity index is 1.94. The highest BCUT2D eigenvalue weighted by Crippen LogP contribution is 2.28. The molecule has 1 aliphatic rings. The van der Waals surface area contributed by atoms with E-state index in [2.05, 4.69) is 12.2 Å². The molecule has 1 aromatic rings. The van der Waals surface area contributed by atoms with E-state index in [1.165, 1.54) is 0 Å². The maximum atomic E-state index is 12.2. The van der Waals surface area contributed by atoms with Gasteiger partial charge in [-0.1, -0.05) is 11.6 Å². The van der Waals surface area contributed by atoms with Crippen molar-refractivity contribution in [3.63, 3.8) is 0 Å². The molecule has 0 unspecified atom stereocenters. The highest BCUT2D eigenvalue weighted by molar-refractivity contribution is 6.33. The van der Waals surface area contributed by atoms with Crippen LogP contribution in [-0.4, -0.2) is 48.3 Å². The topological polar surface area (TPSA) is 67.9 Å². The van der Waals surface area contributed by atoms with E-state index in [0.717, 1.165) is 12.8 Å². The van der Waals surface area contributed by atoms with Crippen LogP contribution in [0.5, 0.6) is 0 Å². The molecule has 1 saturated heterocycles. The van der Waals surface area contributed by atoms with Crippen molar-refractivity contribution in [3.05, 3.63) is 28.8 Å². The molecule has 1 atom stereocenters. The summed E-state index contributed by atoms with van der Waals surface area (Å²) < 4.78 is 10.5. The molecular weight excluding hydrogens is 380 g/mol. The average molecular weight is 411 g/mol. The lowest BCUT2D eigenvalue weighted by Crippen LogP contribution is -2.44. The molecule has 1 aromatic carbocycles. The van der Waals surface area contributed by atoms with Crippen molar-refractivity contribution in [2.24, 2.45) is 5.92 Å². The number of piperidine rings is 1. The van der Waals surface area contributed by atoms with Gasteiger partial charge in [0.15, 0.2) is 0 Å². The van der Waals surface area contributed by atoms with Gasteiger partial charge in [-0.15, -0.1) is 0 Å². The van der Waals surface area contributed by atoms with Crippen LogP contribution in [0.15, 0.2) is 18.2 Å². The van der Waals surface area contributed by atoms with Gasteiger partial charge < -0.3 is 19.7 Å². The number of anilines is 1. The van der Waals surface area contributed by atoms with E-state index in [-0.39, 0.29) is 18.1 Å². The van der Waals surface area contributed by atoms with E-state index in [0.29, 0.717) is 41.9 Å². The fourth-order valence-corrected chi connectivity index (χ4v) is 3.42. The van der Waals surface area contributed by atoms with Crippen molar-refractivity contribution in [2.45, 2.75) is 59.1 Å². The van der Waals surface area contributed by atoms with Gasteiger partial charge in [0.05, 0.1) is 22.9 Å². The molecule has 2 rings (SSSR count). The van der Waals surface area contributed by atoms with E-state index >= 15 is 0 Å². The fraction of sp³-hybridized carbons (Fsp3) is 0.619. The molecule has 1 amide bonds. The summed E-state index contributed by atoms with van der Waals surface area (Å²) in [5.74, 6) is 0.0292. The molecule has 0 aliphatic carbocycles. The lowest BCUT2D eigenvalue weighted by molar-refractivity contribution is 0.0179. The van der Waals surface area contributed by atoms with Gasteiger partial charge in [0.25, 0.3) is 0 Å². The predicted molar refractivity (Wildman–Crippen MR) is 111 cm³/mol. The number of nitrogens with zero attached hydrogens (tertiary/aromatic N) is 1. The van der Waals surface area contributed by atoms with Gasteiger partial charge in [-0.2, -0.15) is 0 Å². The molecule has 0 radical (unpaired) electrons. The van der Waals surface area contributed by atoms with Gasteiger partial charge >= 0.3 is 12.1 Å². The molecule has 0 spiro atoms. The SMILES string of the molecule is CCOC(=O)c1ccc(Cl)c(N[C@@H](C)C2CCN(C(=O)OC(C)(C)C)CC2)c1. The number of halogens is 1. The van der Waals surface area contributed by atoms with Crippen molar-refractivity contribution in [1.29, 1.82) is 0 Å². The summed E-state index contributed by atoms with van der Waals surface area (Å²) in [6, 6.07) is 5.24. The number of amides is 1. The lowest BCUT2D eigenvalue weighted by Gasteiger charge is -2.36. The number of carbonyl (C=O) groups is 2. The Kier molecular flexibility index (Phi) is 7.58. The number of hydrogen-bond acceptors (Lipinski definition) is 5. The molecule has 1 aliphatic heterocycles. The van der Waals surface area contributed by atoms with Gasteiger partial charge in [0, 0.05) is 19.1 Å². The zero-order valence-corrected chi connectivity index (χ0v) is 18.1. The number of ether oxygens (including phenoxy) is 2. The van der Waals surface area contributed by atoms with Crippen LogP contribution in [0.1, 0.15) is 57.8 Å². The first-order valence-corrected chi connectivity index (χ1v) is 10.2. The third-order valence-corrected chi connectivity index (χ3v) is 5.09. The molecular formula is C21H31ClN2O4. The van der Waals surface area contributed by atoms with Gasteiger partial charge in [0.2, 0.25) is 0 Å². The minimum Gasteiger partial charge on any atom is -0.462 e. The van der Waals surface area contributed by atoms with Gasteiger partial charge in [0.1, 0.15) is 5.60 Å². The first kappa shape index (κ1) is 22.3. The van der Waals surface area contributed by atoms with Crippen LogP contribution in [-0.2, 0) is 9.47 Å². The quantitative estimate of drug-likeness (QED) is 0.694. The molecule has 0 aromatic heterocycles. The van der Waals surface area contributed by atoms with E-state index < -0.39 is 5.60 Å². The van der Waals surface area contributed by atoms with Crippen molar-refractivity contribution in [3.8, 4) is 0 Å². The summed E-state index contributed by atoms with van der Waals surface area (Å²) in [6.07, 6.45) is 1.50. The molecule has 1 N–H and O–H groups in total. The van der Waals surface area contributed by atoms with Crippen molar-refractivity contribution < 1.29 is 19.1 Å². The number of hydrogen-bond donors (Lipinski definition) is 1. The highest BCUT2D eigenvalue weighted by atomic mass is 35.5. The highest BCUT2D eigenvalue weighted by Gasteiger charge is 2.29. The van der Waals surface area contributed by atoms with E-state index in [9.17, 15) is 9.59 Å². The molecule has 7 heteroatoms. The van der Waals surface area contributed by atoms with E-state index in [1.807, 2.05) is 20.8 Å². The number of likely N-dealkylation sites (tertiary alicyclic amines) is 1. The third-order valence-electron chi connectivity index (χ3n) is 4.76. The zero-order valence-electron chi connectivity index (χ0n) is 17.4. The Morgan fingerprint density at radius 3 is 2.50 bits per heavy atom. The number of esters is 1. The Labute approximate surface area is 172 Å². The van der Waals surface area contributed by atoms with Crippen LogP contribution in [0.2, 0.25) is 5.02 Å². The van der Waals surface area contributed by atoms with Crippen LogP contribution in [0, 0.1) is 5.92 Å². The molecule has 1 fully saturated rings. The first-order valence-electron chi connectivity index (χ1n) is 9.82. The van der Waals surface area contributed by atoms with E-state index in [4.69, 9.17) is 21.1 Å². The summed E-state index contributed by atoms with van der Waals surface area (Å²) in [6.45, 7) is 11.2. The van der Waals surface area contributed by atoms with Crippen LogP contribution in [0.3, 0.4) is 0 Å². The molecule has 156 valence electrons. The largest absolute Gasteiger partial charge is 0.462 e. The maximum absolute atomic E-state index is 12.2. The van der Waals surface area contributed by atoms with Gasteiger partial charge in [-0.3, -0.25) is 0 Å². The van der Waals surface area contributed by atoms with Crippen molar-refractivity contribution in [1.82, 2.24) is 4.90 Å². The van der Waals surface area contributed by atoms with Crippen LogP contribution in [0.25, 0.3) is 0 Å². The molecule has 0 bridgehead atoms. The second-order valence-corrected chi connectivity index (χ2v) is 8.56. The minimum atomic E-state index is -0.483. The summed E-state index contributed by atoms with van der Waals surface area (Å²) in [5, 5.41) is 3.99. The Bertz CT molecular complexity index is 694. The number of carbonyl (C=O) groups excluding carboxylic acids is 2. The second kappa shape index (κ2) is 9.50. The minimum absolute atomic E-state index is 0.149. The monoisotopic (exact) mass is 410 g/mol. The van der Waals surface area contributed by atoms with Crippen LogP contribution >= 0.6 is 11.6 Å². The number of rotatable bonds is 5. The molecule has 28 heavy (non-hydrogen) atoms. The molecule has 6 nitrogen and oxygen atoms in total. The Morgan fingerprint density at radius 2 is 1.93 bits per heavy atom. The predicted octanol–water partition coefficient (Wildman–Crippen LogP) is 4.96. The van der Waals surface area contributed by atoms with Gasteiger partial charge in [-0.05, 0) is 71.6 Å². The molecule has 0 saturated carbocycles. The summed E-state index contributed by atoms with van der Waals surface area (Å²) in [7, 11) is 0. The zero-order chi connectivity index (χ0) is 20.9. The third kappa shape index (κ3) is 6.30.